The highest BCUT2D eigenvalue weighted by molar-refractivity contribution is 6.00. The molecular formula is C18H21NO3. The lowest BCUT2D eigenvalue weighted by Crippen LogP contribution is -2.39. The summed E-state index contributed by atoms with van der Waals surface area (Å²) in [4.78, 5) is 23.2. The minimum Gasteiger partial charge on any atom is -0.483 e. The second kappa shape index (κ2) is 7.07. The molecule has 22 heavy (non-hydrogen) atoms. The van der Waals surface area contributed by atoms with Gasteiger partial charge in [-0.05, 0) is 29.7 Å². The smallest absolute Gasteiger partial charge is 0.258 e. The van der Waals surface area contributed by atoms with Crippen LogP contribution in [0.25, 0.3) is 10.8 Å². The van der Waals surface area contributed by atoms with Gasteiger partial charge in [-0.2, -0.15) is 0 Å². The van der Waals surface area contributed by atoms with Gasteiger partial charge in [-0.3, -0.25) is 9.59 Å². The van der Waals surface area contributed by atoms with Crippen molar-refractivity contribution < 1.29 is 14.3 Å². The molecule has 1 amide bonds. The molecule has 4 heteroatoms. The molecule has 2 aromatic carbocycles. The van der Waals surface area contributed by atoms with Crippen LogP contribution in [0.1, 0.15) is 31.1 Å². The van der Waals surface area contributed by atoms with Crippen molar-refractivity contribution in [2.24, 2.45) is 5.92 Å². The van der Waals surface area contributed by atoms with Gasteiger partial charge in [0.15, 0.2) is 12.9 Å². The second-order valence-corrected chi connectivity index (χ2v) is 5.71. The molecule has 0 fully saturated rings. The van der Waals surface area contributed by atoms with Gasteiger partial charge in [-0.1, -0.05) is 44.2 Å². The Morgan fingerprint density at radius 1 is 1.18 bits per heavy atom. The fraction of sp³-hybridized carbons (Fsp3) is 0.333. The Morgan fingerprint density at radius 3 is 2.59 bits per heavy atom. The third-order valence-corrected chi connectivity index (χ3v) is 3.80. The first kappa shape index (κ1) is 16.0. The van der Waals surface area contributed by atoms with E-state index in [0.29, 0.717) is 17.2 Å². The van der Waals surface area contributed by atoms with E-state index in [1.807, 2.05) is 51.1 Å². The maximum atomic E-state index is 11.9. The maximum absolute atomic E-state index is 11.9. The molecular weight excluding hydrogens is 278 g/mol. The molecule has 0 aromatic heterocycles. The monoisotopic (exact) mass is 299 g/mol. The lowest BCUT2D eigenvalue weighted by molar-refractivity contribution is -0.124. The number of fused-ring (bicyclic) bond motifs is 1. The van der Waals surface area contributed by atoms with E-state index in [-0.39, 0.29) is 18.6 Å². The lowest BCUT2D eigenvalue weighted by atomic mass is 10.0. The molecule has 2 rings (SSSR count). The molecule has 116 valence electrons. The van der Waals surface area contributed by atoms with E-state index in [4.69, 9.17) is 4.74 Å². The third kappa shape index (κ3) is 3.64. The minimum absolute atomic E-state index is 0.0817. The van der Waals surface area contributed by atoms with Gasteiger partial charge in [0.25, 0.3) is 5.91 Å². The molecule has 0 aliphatic rings. The number of hydrogen-bond donors (Lipinski definition) is 1. The number of carbonyl (C=O) groups excluding carboxylic acids is 2. The zero-order valence-electron chi connectivity index (χ0n) is 13.1. The van der Waals surface area contributed by atoms with Crippen molar-refractivity contribution in [3.63, 3.8) is 0 Å². The molecule has 0 radical (unpaired) electrons. The van der Waals surface area contributed by atoms with E-state index in [0.717, 1.165) is 17.1 Å². The van der Waals surface area contributed by atoms with Gasteiger partial charge in [0.2, 0.25) is 0 Å². The molecule has 1 unspecified atom stereocenters. The van der Waals surface area contributed by atoms with E-state index in [2.05, 4.69) is 5.32 Å². The van der Waals surface area contributed by atoms with E-state index in [9.17, 15) is 9.59 Å². The molecule has 0 aliphatic carbocycles. The maximum Gasteiger partial charge on any atom is 0.258 e. The Hall–Kier alpha value is -2.36. The van der Waals surface area contributed by atoms with Gasteiger partial charge in [0, 0.05) is 6.04 Å². The zero-order chi connectivity index (χ0) is 16.1. The van der Waals surface area contributed by atoms with Crippen LogP contribution in [0.4, 0.5) is 0 Å². The molecule has 0 saturated carbocycles. The van der Waals surface area contributed by atoms with Crippen LogP contribution >= 0.6 is 0 Å². The summed E-state index contributed by atoms with van der Waals surface area (Å²) >= 11 is 0. The van der Waals surface area contributed by atoms with E-state index in [1.165, 1.54) is 0 Å². The topological polar surface area (TPSA) is 55.4 Å². The van der Waals surface area contributed by atoms with Crippen molar-refractivity contribution in [3.05, 3.63) is 42.0 Å². The number of benzene rings is 2. The van der Waals surface area contributed by atoms with E-state index in [1.54, 1.807) is 6.07 Å². The van der Waals surface area contributed by atoms with Crippen LogP contribution in [0, 0.1) is 5.92 Å². The van der Waals surface area contributed by atoms with Crippen LogP contribution in [0.5, 0.6) is 5.75 Å². The van der Waals surface area contributed by atoms with Gasteiger partial charge in [-0.15, -0.1) is 0 Å². The second-order valence-electron chi connectivity index (χ2n) is 5.71. The van der Waals surface area contributed by atoms with Gasteiger partial charge in [-0.25, -0.2) is 0 Å². The number of carbonyl (C=O) groups is 2. The highest BCUT2D eigenvalue weighted by Crippen LogP contribution is 2.26. The fourth-order valence-electron chi connectivity index (χ4n) is 2.13. The molecule has 1 atom stereocenters. The standard InChI is InChI=1S/C18H21NO3/c1-12(2)13(3)19-18(21)11-22-17-9-8-14-6-4-5-7-15(14)16(17)10-20/h4-10,12-13H,11H2,1-3H3,(H,19,21). The Balaban J connectivity index is 2.12. The van der Waals surface area contributed by atoms with Crippen LogP contribution in [0.2, 0.25) is 0 Å². The van der Waals surface area contributed by atoms with Gasteiger partial charge in [0.1, 0.15) is 5.75 Å². The fourth-order valence-corrected chi connectivity index (χ4v) is 2.13. The number of amides is 1. The van der Waals surface area contributed by atoms with Crippen molar-refractivity contribution in [2.45, 2.75) is 26.8 Å². The summed E-state index contributed by atoms with van der Waals surface area (Å²) in [5.74, 6) is 0.599. The van der Waals surface area contributed by atoms with E-state index >= 15 is 0 Å². The lowest BCUT2D eigenvalue weighted by Gasteiger charge is -2.18. The van der Waals surface area contributed by atoms with Crippen molar-refractivity contribution in [1.29, 1.82) is 0 Å². The first-order chi connectivity index (χ1) is 10.5. The number of hydrogen-bond acceptors (Lipinski definition) is 3. The summed E-state index contributed by atoms with van der Waals surface area (Å²) < 4.78 is 5.54. The summed E-state index contributed by atoms with van der Waals surface area (Å²) in [5, 5.41) is 4.66. The normalized spacial score (nSPS) is 12.2. The molecule has 1 N–H and O–H groups in total. The van der Waals surface area contributed by atoms with Crippen LogP contribution in [-0.4, -0.2) is 24.8 Å². The Bertz CT molecular complexity index is 679. The van der Waals surface area contributed by atoms with Gasteiger partial charge >= 0.3 is 0 Å². The van der Waals surface area contributed by atoms with Crippen LogP contribution in [-0.2, 0) is 4.79 Å². The highest BCUT2D eigenvalue weighted by atomic mass is 16.5. The summed E-state index contributed by atoms with van der Waals surface area (Å²) in [5.41, 5.74) is 0.475. The Kier molecular flexibility index (Phi) is 5.15. The van der Waals surface area contributed by atoms with Crippen molar-refractivity contribution >= 4 is 23.0 Å². The zero-order valence-corrected chi connectivity index (χ0v) is 13.1. The molecule has 0 saturated heterocycles. The third-order valence-electron chi connectivity index (χ3n) is 3.80. The Labute approximate surface area is 130 Å². The molecule has 0 bridgehead atoms. The molecule has 0 aliphatic heterocycles. The quantitative estimate of drug-likeness (QED) is 0.833. The SMILES string of the molecule is CC(C)C(C)NC(=O)COc1ccc2ccccc2c1C=O. The van der Waals surface area contributed by atoms with Crippen LogP contribution in [0.3, 0.4) is 0 Å². The predicted molar refractivity (Wildman–Crippen MR) is 87.3 cm³/mol. The molecule has 2 aromatic rings. The number of nitrogens with one attached hydrogen (secondary N) is 1. The van der Waals surface area contributed by atoms with Gasteiger partial charge < -0.3 is 10.1 Å². The highest BCUT2D eigenvalue weighted by Gasteiger charge is 2.13. The number of aldehydes is 1. The number of rotatable bonds is 6. The first-order valence-electron chi connectivity index (χ1n) is 7.42. The first-order valence-corrected chi connectivity index (χ1v) is 7.42. The molecule has 0 spiro atoms. The van der Waals surface area contributed by atoms with Crippen LogP contribution < -0.4 is 10.1 Å². The van der Waals surface area contributed by atoms with Crippen molar-refractivity contribution in [2.75, 3.05) is 6.61 Å². The average molecular weight is 299 g/mol. The van der Waals surface area contributed by atoms with Crippen molar-refractivity contribution in [1.82, 2.24) is 5.32 Å². The summed E-state index contributed by atoms with van der Waals surface area (Å²) in [6.07, 6.45) is 0.770. The average Bonchev–Trinajstić information content (AvgIpc) is 2.52. The van der Waals surface area contributed by atoms with E-state index < -0.39 is 0 Å². The Morgan fingerprint density at radius 2 is 1.91 bits per heavy atom. The number of ether oxygens (including phenoxy) is 1. The predicted octanol–water partition coefficient (Wildman–Crippen LogP) is 3.19. The minimum atomic E-state index is -0.189. The summed E-state index contributed by atoms with van der Waals surface area (Å²) in [6, 6.07) is 11.3. The van der Waals surface area contributed by atoms with Gasteiger partial charge in [0.05, 0.1) is 5.56 Å². The molecule has 0 heterocycles. The summed E-state index contributed by atoms with van der Waals surface area (Å²) in [6.45, 7) is 5.94. The summed E-state index contributed by atoms with van der Waals surface area (Å²) in [7, 11) is 0. The van der Waals surface area contributed by atoms with Crippen LogP contribution in [0.15, 0.2) is 36.4 Å². The largest absolute Gasteiger partial charge is 0.483 e. The van der Waals surface area contributed by atoms with Crippen molar-refractivity contribution in [3.8, 4) is 5.75 Å². The molecule has 4 nitrogen and oxygen atoms in total.